The van der Waals surface area contributed by atoms with E-state index in [2.05, 4.69) is 34.6 Å². The third-order valence-corrected chi connectivity index (χ3v) is 4.19. The highest BCUT2D eigenvalue weighted by Crippen LogP contribution is 2.27. The molecule has 3 N–H and O–H groups in total. The fourth-order valence-electron chi connectivity index (χ4n) is 3.13. The molecule has 3 nitrogen and oxygen atoms in total. The number of thiocarbonyl (C=S) groups is 1. The quantitative estimate of drug-likeness (QED) is 0.855. The molecule has 1 aromatic heterocycles. The van der Waals surface area contributed by atoms with E-state index in [1.165, 1.54) is 11.1 Å². The van der Waals surface area contributed by atoms with Crippen LogP contribution in [0.3, 0.4) is 0 Å². The van der Waals surface area contributed by atoms with Crippen molar-refractivity contribution in [1.29, 1.82) is 0 Å². The van der Waals surface area contributed by atoms with Crippen LogP contribution < -0.4 is 11.1 Å². The zero-order chi connectivity index (χ0) is 15.0. The van der Waals surface area contributed by atoms with Crippen LogP contribution in [0, 0.1) is 13.8 Å². The van der Waals surface area contributed by atoms with E-state index in [9.17, 15) is 0 Å². The Morgan fingerprint density at radius 3 is 2.43 bits per heavy atom. The number of anilines is 1. The van der Waals surface area contributed by atoms with Crippen LogP contribution in [0.2, 0.25) is 0 Å². The average molecular weight is 297 g/mol. The van der Waals surface area contributed by atoms with E-state index in [1.807, 2.05) is 19.9 Å². The van der Waals surface area contributed by atoms with Gasteiger partial charge in [-0.25, -0.2) is 0 Å². The molecular weight excluding hydrogens is 278 g/mol. The van der Waals surface area contributed by atoms with Gasteiger partial charge in [-0.1, -0.05) is 36.5 Å². The second kappa shape index (κ2) is 5.45. The Bertz CT molecular complexity index is 684. The van der Waals surface area contributed by atoms with E-state index in [4.69, 9.17) is 18.0 Å². The molecule has 2 aromatic rings. The minimum Gasteiger partial charge on any atom is -0.389 e. The average Bonchev–Trinajstić information content (AvgIpc) is 2.79. The fraction of sp³-hybridized carbons (Fsp3) is 0.294. The van der Waals surface area contributed by atoms with Crippen molar-refractivity contribution in [2.75, 3.05) is 5.32 Å². The lowest BCUT2D eigenvalue weighted by Gasteiger charge is -2.18. The number of benzene rings is 1. The van der Waals surface area contributed by atoms with Crippen molar-refractivity contribution in [3.05, 3.63) is 58.4 Å². The fourth-order valence-corrected chi connectivity index (χ4v) is 3.39. The molecule has 0 amide bonds. The first kappa shape index (κ1) is 14.0. The SMILES string of the molecule is Cc1cc(NC2Cc3ccccc3C2)c(C(N)=S)c(C)n1. The lowest BCUT2D eigenvalue weighted by molar-refractivity contribution is 0.773. The van der Waals surface area contributed by atoms with Crippen molar-refractivity contribution in [3.8, 4) is 0 Å². The number of pyridine rings is 1. The molecule has 4 heteroatoms. The van der Waals surface area contributed by atoms with Crippen molar-refractivity contribution in [2.24, 2.45) is 5.73 Å². The summed E-state index contributed by atoms with van der Waals surface area (Å²) in [6.07, 6.45) is 2.07. The maximum absolute atomic E-state index is 5.88. The summed E-state index contributed by atoms with van der Waals surface area (Å²) in [6.45, 7) is 3.95. The Hall–Kier alpha value is -1.94. The van der Waals surface area contributed by atoms with Crippen molar-refractivity contribution < 1.29 is 0 Å². The molecular formula is C17H19N3S. The predicted molar refractivity (Wildman–Crippen MR) is 90.9 cm³/mol. The molecule has 0 aliphatic heterocycles. The molecule has 0 atom stereocenters. The summed E-state index contributed by atoms with van der Waals surface area (Å²) in [6, 6.07) is 11.0. The van der Waals surface area contributed by atoms with Crippen molar-refractivity contribution >= 4 is 22.9 Å². The third-order valence-electron chi connectivity index (χ3n) is 3.99. The van der Waals surface area contributed by atoms with Gasteiger partial charge >= 0.3 is 0 Å². The number of nitrogens with one attached hydrogen (secondary N) is 1. The number of rotatable bonds is 3. The molecule has 0 radical (unpaired) electrons. The number of aryl methyl sites for hydroxylation is 2. The van der Waals surface area contributed by atoms with Crippen molar-refractivity contribution in [2.45, 2.75) is 32.7 Å². The first-order chi connectivity index (χ1) is 10.0. The normalized spacial score (nSPS) is 14.0. The summed E-state index contributed by atoms with van der Waals surface area (Å²) >= 11 is 5.19. The molecule has 108 valence electrons. The van der Waals surface area contributed by atoms with E-state index in [0.717, 1.165) is 35.5 Å². The maximum atomic E-state index is 5.88. The highest BCUT2D eigenvalue weighted by atomic mass is 32.1. The van der Waals surface area contributed by atoms with Gasteiger partial charge in [-0.05, 0) is 43.9 Å². The second-order valence-electron chi connectivity index (χ2n) is 5.65. The first-order valence-electron chi connectivity index (χ1n) is 7.16. The Balaban J connectivity index is 1.88. The molecule has 3 rings (SSSR count). The third kappa shape index (κ3) is 2.76. The van der Waals surface area contributed by atoms with E-state index in [0.29, 0.717) is 11.0 Å². The summed E-state index contributed by atoms with van der Waals surface area (Å²) in [4.78, 5) is 4.86. The Morgan fingerprint density at radius 1 is 1.24 bits per heavy atom. The van der Waals surface area contributed by atoms with Gasteiger partial charge in [0.15, 0.2) is 0 Å². The molecule has 1 heterocycles. The summed E-state index contributed by atoms with van der Waals surface area (Å²) in [5, 5.41) is 3.61. The molecule has 0 spiro atoms. The van der Waals surface area contributed by atoms with E-state index in [-0.39, 0.29) is 0 Å². The van der Waals surface area contributed by atoms with Gasteiger partial charge in [-0.15, -0.1) is 0 Å². The summed E-state index contributed by atoms with van der Waals surface area (Å²) < 4.78 is 0. The van der Waals surface area contributed by atoms with Crippen LogP contribution in [0.1, 0.15) is 28.1 Å². The van der Waals surface area contributed by atoms with Crippen LogP contribution >= 0.6 is 12.2 Å². The molecule has 0 saturated carbocycles. The number of hydrogen-bond donors (Lipinski definition) is 2. The number of nitrogens with two attached hydrogens (primary N) is 1. The molecule has 1 aliphatic rings. The number of hydrogen-bond acceptors (Lipinski definition) is 3. The minimum absolute atomic E-state index is 0.386. The van der Waals surface area contributed by atoms with Crippen LogP contribution in [-0.4, -0.2) is 16.0 Å². The van der Waals surface area contributed by atoms with E-state index >= 15 is 0 Å². The zero-order valence-corrected chi connectivity index (χ0v) is 13.1. The van der Waals surface area contributed by atoms with Gasteiger partial charge in [0.1, 0.15) is 4.99 Å². The Morgan fingerprint density at radius 2 is 1.86 bits per heavy atom. The molecule has 1 aliphatic carbocycles. The van der Waals surface area contributed by atoms with Crippen molar-refractivity contribution in [3.63, 3.8) is 0 Å². The van der Waals surface area contributed by atoms with Gasteiger partial charge in [-0.2, -0.15) is 0 Å². The second-order valence-corrected chi connectivity index (χ2v) is 6.09. The smallest absolute Gasteiger partial charge is 0.107 e. The van der Waals surface area contributed by atoms with Crippen molar-refractivity contribution in [1.82, 2.24) is 4.98 Å². The van der Waals surface area contributed by atoms with Crippen LogP contribution in [0.15, 0.2) is 30.3 Å². The lowest BCUT2D eigenvalue weighted by Crippen LogP contribution is -2.23. The molecule has 0 saturated heterocycles. The number of nitrogens with zero attached hydrogens (tertiary/aromatic N) is 1. The van der Waals surface area contributed by atoms with E-state index < -0.39 is 0 Å². The summed E-state index contributed by atoms with van der Waals surface area (Å²) in [7, 11) is 0. The van der Waals surface area contributed by atoms with Crippen LogP contribution in [0.5, 0.6) is 0 Å². The Kier molecular flexibility index (Phi) is 3.64. The van der Waals surface area contributed by atoms with Crippen LogP contribution in [-0.2, 0) is 12.8 Å². The largest absolute Gasteiger partial charge is 0.389 e. The molecule has 0 unspecified atom stereocenters. The van der Waals surface area contributed by atoms with Gasteiger partial charge in [0.25, 0.3) is 0 Å². The van der Waals surface area contributed by atoms with Gasteiger partial charge in [0.2, 0.25) is 0 Å². The molecule has 0 bridgehead atoms. The van der Waals surface area contributed by atoms with Gasteiger partial charge in [0.05, 0.1) is 5.56 Å². The van der Waals surface area contributed by atoms with Crippen LogP contribution in [0.25, 0.3) is 0 Å². The molecule has 21 heavy (non-hydrogen) atoms. The maximum Gasteiger partial charge on any atom is 0.107 e. The number of fused-ring (bicyclic) bond motifs is 1. The monoisotopic (exact) mass is 297 g/mol. The topological polar surface area (TPSA) is 50.9 Å². The number of aromatic nitrogens is 1. The highest BCUT2D eigenvalue weighted by molar-refractivity contribution is 7.80. The van der Waals surface area contributed by atoms with Crippen LogP contribution in [0.4, 0.5) is 5.69 Å². The standard InChI is InChI=1S/C17H19N3S/c1-10-7-15(16(17(18)21)11(2)19-10)20-14-8-12-5-3-4-6-13(12)9-14/h3-7,14H,8-9H2,1-2H3,(H2,18,21)(H,19,20). The summed E-state index contributed by atoms with van der Waals surface area (Å²) in [5.41, 5.74) is 12.5. The van der Waals surface area contributed by atoms with E-state index in [1.54, 1.807) is 0 Å². The minimum atomic E-state index is 0.386. The Labute approximate surface area is 130 Å². The first-order valence-corrected chi connectivity index (χ1v) is 7.57. The lowest BCUT2D eigenvalue weighted by atomic mass is 10.1. The highest BCUT2D eigenvalue weighted by Gasteiger charge is 2.22. The molecule has 1 aromatic carbocycles. The van der Waals surface area contributed by atoms with Gasteiger partial charge in [-0.3, -0.25) is 4.98 Å². The predicted octanol–water partition coefficient (Wildman–Crippen LogP) is 2.91. The van der Waals surface area contributed by atoms with Gasteiger partial charge in [0, 0.05) is 23.1 Å². The summed E-state index contributed by atoms with van der Waals surface area (Å²) in [5.74, 6) is 0. The zero-order valence-electron chi connectivity index (χ0n) is 12.3. The van der Waals surface area contributed by atoms with Gasteiger partial charge < -0.3 is 11.1 Å². The molecule has 0 fully saturated rings.